The molecule has 1 amide bonds. The fraction of sp³-hybridized carbons (Fsp3) is 0.182. The monoisotopic (exact) mass is 454 g/mol. The van der Waals surface area contributed by atoms with Gasteiger partial charge in [0.05, 0.1) is 24.9 Å². The van der Waals surface area contributed by atoms with Crippen molar-refractivity contribution in [3.63, 3.8) is 0 Å². The quantitative estimate of drug-likeness (QED) is 0.440. The molecule has 4 rings (SSSR count). The van der Waals surface area contributed by atoms with Gasteiger partial charge in [0.25, 0.3) is 11.6 Å². The van der Waals surface area contributed by atoms with Gasteiger partial charge in [0, 0.05) is 11.6 Å². The van der Waals surface area contributed by atoms with Crippen molar-refractivity contribution in [2.75, 3.05) is 26.1 Å². The number of fused-ring (bicyclic) bond motifs is 1. The molecule has 4 aromatic rings. The molecule has 0 spiro atoms. The molecule has 2 aromatic carbocycles. The van der Waals surface area contributed by atoms with Gasteiger partial charge in [-0.1, -0.05) is 47.1 Å². The van der Waals surface area contributed by atoms with Crippen molar-refractivity contribution in [1.29, 1.82) is 0 Å². The molecule has 0 aliphatic rings. The molecule has 0 saturated heterocycles. The molecule has 9 nitrogen and oxygen atoms in total. The van der Waals surface area contributed by atoms with Crippen LogP contribution in [0.4, 0.5) is 5.69 Å². The number of hydrogen-bond acceptors (Lipinski definition) is 8. The van der Waals surface area contributed by atoms with Gasteiger partial charge in [-0.3, -0.25) is 4.79 Å². The maximum Gasteiger partial charge on any atom is 0.265 e. The Morgan fingerprint density at radius 1 is 1.09 bits per heavy atom. The van der Waals surface area contributed by atoms with E-state index in [9.17, 15) is 4.79 Å². The lowest BCUT2D eigenvalue weighted by Crippen LogP contribution is -2.21. The number of halogens is 1. The minimum atomic E-state index is -0.438. The van der Waals surface area contributed by atoms with Gasteiger partial charge in [-0.2, -0.15) is 9.97 Å². The molecule has 0 aliphatic carbocycles. The van der Waals surface area contributed by atoms with Crippen LogP contribution in [0.1, 0.15) is 5.82 Å². The summed E-state index contributed by atoms with van der Waals surface area (Å²) in [7, 11) is 2.97. The van der Waals surface area contributed by atoms with Crippen molar-refractivity contribution in [3.8, 4) is 28.6 Å². The van der Waals surface area contributed by atoms with Crippen molar-refractivity contribution >= 4 is 34.3 Å². The molecule has 2 heterocycles. The van der Waals surface area contributed by atoms with Crippen molar-refractivity contribution in [1.82, 2.24) is 15.1 Å². The van der Waals surface area contributed by atoms with E-state index < -0.39 is 5.91 Å². The Kier molecular flexibility index (Phi) is 6.09. The lowest BCUT2D eigenvalue weighted by Gasteiger charge is -2.13. The average molecular weight is 455 g/mol. The lowest BCUT2D eigenvalue weighted by molar-refractivity contribution is -0.118. The number of amides is 1. The zero-order chi connectivity index (χ0) is 22.7. The maximum absolute atomic E-state index is 12.6. The molecular weight excluding hydrogens is 436 g/mol. The maximum atomic E-state index is 12.6. The number of ether oxygens (including phenoxy) is 3. The zero-order valence-corrected chi connectivity index (χ0v) is 18.3. The minimum Gasteiger partial charge on any atom is -0.495 e. The van der Waals surface area contributed by atoms with E-state index in [-0.39, 0.29) is 18.2 Å². The summed E-state index contributed by atoms with van der Waals surface area (Å²) < 4.78 is 21.6. The summed E-state index contributed by atoms with van der Waals surface area (Å²) >= 11 is 6.16. The molecule has 164 valence electrons. The highest BCUT2D eigenvalue weighted by molar-refractivity contribution is 6.32. The van der Waals surface area contributed by atoms with Crippen molar-refractivity contribution in [2.24, 2.45) is 0 Å². The summed E-state index contributed by atoms with van der Waals surface area (Å²) in [5, 5.41) is 7.64. The predicted molar refractivity (Wildman–Crippen MR) is 118 cm³/mol. The van der Waals surface area contributed by atoms with Gasteiger partial charge in [-0.15, -0.1) is 0 Å². The van der Waals surface area contributed by atoms with E-state index in [0.29, 0.717) is 39.1 Å². The molecule has 0 atom stereocenters. The topological polar surface area (TPSA) is 109 Å². The van der Waals surface area contributed by atoms with Crippen LogP contribution in [-0.4, -0.2) is 41.9 Å². The molecule has 0 saturated carbocycles. The summed E-state index contributed by atoms with van der Waals surface area (Å²) in [6, 6.07) is 12.5. The third-order valence-corrected chi connectivity index (χ3v) is 4.85. The Morgan fingerprint density at radius 3 is 2.56 bits per heavy atom. The Morgan fingerprint density at radius 2 is 1.84 bits per heavy atom. The van der Waals surface area contributed by atoms with E-state index in [2.05, 4.69) is 20.4 Å². The fourth-order valence-corrected chi connectivity index (χ4v) is 3.34. The fourth-order valence-electron chi connectivity index (χ4n) is 3.10. The van der Waals surface area contributed by atoms with E-state index >= 15 is 0 Å². The van der Waals surface area contributed by atoms with E-state index in [1.54, 1.807) is 13.0 Å². The van der Waals surface area contributed by atoms with E-state index in [4.69, 9.17) is 30.3 Å². The minimum absolute atomic E-state index is 0.197. The highest BCUT2D eigenvalue weighted by Crippen LogP contribution is 2.36. The number of aromatic nitrogens is 3. The average Bonchev–Trinajstić information content (AvgIpc) is 3.22. The van der Waals surface area contributed by atoms with Crippen LogP contribution in [0.25, 0.3) is 22.4 Å². The zero-order valence-electron chi connectivity index (χ0n) is 17.5. The molecule has 0 fully saturated rings. The number of anilines is 1. The molecule has 2 aromatic heterocycles. The number of methoxy groups -OCH3 is 2. The number of aryl methyl sites for hydroxylation is 1. The van der Waals surface area contributed by atoms with E-state index in [1.807, 2.05) is 30.3 Å². The third-order valence-electron chi connectivity index (χ3n) is 4.55. The van der Waals surface area contributed by atoms with Gasteiger partial charge in [0.2, 0.25) is 5.88 Å². The Hall–Kier alpha value is -3.85. The third kappa shape index (κ3) is 4.28. The Labute approximate surface area is 188 Å². The predicted octanol–water partition coefficient (Wildman–Crippen LogP) is 4.28. The van der Waals surface area contributed by atoms with Crippen LogP contribution in [0, 0.1) is 6.92 Å². The van der Waals surface area contributed by atoms with Crippen molar-refractivity contribution in [2.45, 2.75) is 6.92 Å². The molecule has 0 unspecified atom stereocenters. The number of nitrogens with one attached hydrogen (secondary N) is 1. The lowest BCUT2D eigenvalue weighted by atomic mass is 10.1. The largest absolute Gasteiger partial charge is 0.495 e. The van der Waals surface area contributed by atoms with Gasteiger partial charge in [0.15, 0.2) is 6.61 Å². The number of nitrogens with zero attached hydrogens (tertiary/aromatic N) is 3. The summed E-state index contributed by atoms with van der Waals surface area (Å²) in [6.07, 6.45) is 0. The molecule has 0 bridgehead atoms. The highest BCUT2D eigenvalue weighted by atomic mass is 35.5. The first-order valence-corrected chi connectivity index (χ1v) is 9.91. The number of hydrogen-bond donors (Lipinski definition) is 1. The van der Waals surface area contributed by atoms with Gasteiger partial charge in [-0.25, -0.2) is 0 Å². The normalized spacial score (nSPS) is 10.8. The molecule has 1 N–H and O–H groups in total. The van der Waals surface area contributed by atoms with Crippen LogP contribution >= 0.6 is 11.6 Å². The molecule has 10 heteroatoms. The summed E-state index contributed by atoms with van der Waals surface area (Å²) in [4.78, 5) is 21.2. The number of carbonyl (C=O) groups excluding carboxylic acids is 1. The first-order valence-electron chi connectivity index (χ1n) is 9.53. The smallest absolute Gasteiger partial charge is 0.265 e. The number of benzene rings is 2. The van der Waals surface area contributed by atoms with E-state index in [1.165, 1.54) is 20.3 Å². The first-order chi connectivity index (χ1) is 15.5. The van der Waals surface area contributed by atoms with Gasteiger partial charge in [-0.05, 0) is 13.0 Å². The molecule has 0 aliphatic heterocycles. The van der Waals surface area contributed by atoms with Gasteiger partial charge < -0.3 is 24.1 Å². The Balaban J connectivity index is 1.58. The second kappa shape index (κ2) is 9.11. The summed E-state index contributed by atoms with van der Waals surface area (Å²) in [5.41, 5.74) is 1.99. The summed E-state index contributed by atoms with van der Waals surface area (Å²) in [6.45, 7) is 1.37. The Bertz CT molecular complexity index is 1280. The van der Waals surface area contributed by atoms with Crippen LogP contribution < -0.4 is 19.5 Å². The first kappa shape index (κ1) is 21.4. The second-order valence-electron chi connectivity index (χ2n) is 6.68. The highest BCUT2D eigenvalue weighted by Gasteiger charge is 2.20. The van der Waals surface area contributed by atoms with Gasteiger partial charge in [0.1, 0.15) is 28.4 Å². The van der Waals surface area contributed by atoms with Crippen LogP contribution in [0.5, 0.6) is 17.4 Å². The van der Waals surface area contributed by atoms with Crippen molar-refractivity contribution in [3.05, 3.63) is 53.3 Å². The van der Waals surface area contributed by atoms with Gasteiger partial charge >= 0.3 is 0 Å². The van der Waals surface area contributed by atoms with E-state index in [0.717, 1.165) is 5.56 Å². The van der Waals surface area contributed by atoms with Crippen LogP contribution in [0.2, 0.25) is 5.02 Å². The van der Waals surface area contributed by atoms with Crippen LogP contribution in [0.3, 0.4) is 0 Å². The standard InChI is InChI=1S/C22H19ClN4O5/c1-12-24-21(19-20(27-32-22(19)25-12)13-7-5-4-6-8-13)31-11-18(28)26-15-9-14(23)16(29-2)10-17(15)30-3/h4-10H,11H2,1-3H3,(H,26,28). The van der Waals surface area contributed by atoms with Crippen molar-refractivity contribution < 1.29 is 23.5 Å². The van der Waals surface area contributed by atoms with Crippen LogP contribution in [0.15, 0.2) is 47.0 Å². The number of rotatable bonds is 7. The molecule has 0 radical (unpaired) electrons. The second-order valence-corrected chi connectivity index (χ2v) is 7.08. The van der Waals surface area contributed by atoms with Crippen LogP contribution in [-0.2, 0) is 4.79 Å². The number of carbonyl (C=O) groups is 1. The molecule has 32 heavy (non-hydrogen) atoms. The summed E-state index contributed by atoms with van der Waals surface area (Å²) in [5.74, 6) is 1.00. The molecular formula is C22H19ClN4O5. The SMILES string of the molecule is COc1cc(OC)c(NC(=O)COc2nc(C)nc3onc(-c4ccccc4)c23)cc1Cl.